The van der Waals surface area contributed by atoms with Gasteiger partial charge in [-0.3, -0.25) is 4.55 Å². The van der Waals surface area contributed by atoms with E-state index in [1.165, 1.54) is 6.08 Å². The van der Waals surface area contributed by atoms with Gasteiger partial charge in [-0.1, -0.05) is 12.2 Å². The molecular formula is C16H14O3PS-. The third-order valence-corrected chi connectivity index (χ3v) is 7.02. The van der Waals surface area contributed by atoms with Crippen molar-refractivity contribution in [2.75, 3.05) is 0 Å². The number of allylic oxidation sites excluding steroid dienone is 4. The topological polar surface area (TPSA) is 54.4 Å². The number of hydrogen-bond donors (Lipinski definition) is 1. The predicted molar refractivity (Wildman–Crippen MR) is 88.7 cm³/mol. The van der Waals surface area contributed by atoms with Crippen LogP contribution in [0.15, 0.2) is 71.7 Å². The monoisotopic (exact) mass is 317 g/mol. The summed E-state index contributed by atoms with van der Waals surface area (Å²) in [6.45, 7) is 0. The van der Waals surface area contributed by atoms with Gasteiger partial charge in [0.05, 0.1) is 7.55 Å². The molecule has 5 heteroatoms. The standard InChI is InChI=1S/C16H14O3PS/c17-21(18,19)16-12-6-5-11-15(16)20(13-7-1-2-8-13)14-9-3-4-10-14/h1-10,12H,11H2,(H,17,18,19)/q-1. The Bertz CT molecular complexity index is 784. The summed E-state index contributed by atoms with van der Waals surface area (Å²) in [5.41, 5.74) is 0. The molecule has 0 aromatic heterocycles. The lowest BCUT2D eigenvalue weighted by Gasteiger charge is -2.12. The minimum Gasteiger partial charge on any atom is -0.282 e. The SMILES string of the molecule is O=S(=O)(O)C1=CC=CCC1=[P+]([c-]1cccc1)[c-]1cccc1. The molecule has 21 heavy (non-hydrogen) atoms. The first-order valence-corrected chi connectivity index (χ1v) is 9.29. The summed E-state index contributed by atoms with van der Waals surface area (Å²) in [6.07, 6.45) is 5.62. The number of hydrogen-bond acceptors (Lipinski definition) is 2. The van der Waals surface area contributed by atoms with Crippen molar-refractivity contribution in [2.24, 2.45) is 0 Å². The lowest BCUT2D eigenvalue weighted by molar-refractivity contribution is 0.493. The predicted octanol–water partition coefficient (Wildman–Crippen LogP) is 2.46. The van der Waals surface area contributed by atoms with Crippen molar-refractivity contribution in [3.63, 3.8) is 0 Å². The molecule has 0 saturated heterocycles. The van der Waals surface area contributed by atoms with Crippen LogP contribution in [-0.2, 0) is 10.1 Å². The lowest BCUT2D eigenvalue weighted by atomic mass is 10.2. The Morgan fingerprint density at radius 3 is 2.00 bits per heavy atom. The van der Waals surface area contributed by atoms with E-state index in [2.05, 4.69) is 0 Å². The molecule has 0 amide bonds. The molecular weight excluding hydrogens is 303 g/mol. The summed E-state index contributed by atoms with van der Waals surface area (Å²) < 4.78 is 32.9. The van der Waals surface area contributed by atoms with E-state index in [1.807, 2.05) is 54.6 Å². The summed E-state index contributed by atoms with van der Waals surface area (Å²) in [6, 6.07) is 15.8. The largest absolute Gasteiger partial charge is 0.298 e. The van der Waals surface area contributed by atoms with E-state index in [0.29, 0.717) is 6.42 Å². The second kappa shape index (κ2) is 5.57. The minimum absolute atomic E-state index is 0.0403. The van der Waals surface area contributed by atoms with Gasteiger partial charge in [-0.15, -0.1) is 24.3 Å². The van der Waals surface area contributed by atoms with Crippen molar-refractivity contribution in [2.45, 2.75) is 6.42 Å². The molecule has 0 fully saturated rings. The van der Waals surface area contributed by atoms with Crippen molar-refractivity contribution in [3.8, 4) is 0 Å². The number of rotatable bonds is 3. The van der Waals surface area contributed by atoms with E-state index < -0.39 is 17.7 Å². The molecule has 2 aromatic carbocycles. The van der Waals surface area contributed by atoms with Crippen molar-refractivity contribution in [1.29, 1.82) is 0 Å². The van der Waals surface area contributed by atoms with Gasteiger partial charge < -0.3 is 0 Å². The fourth-order valence-electron chi connectivity index (χ4n) is 2.45. The molecule has 1 aliphatic carbocycles. The van der Waals surface area contributed by atoms with Gasteiger partial charge in [0.2, 0.25) is 0 Å². The highest BCUT2D eigenvalue weighted by atomic mass is 32.2. The first-order chi connectivity index (χ1) is 10.1. The Morgan fingerprint density at radius 1 is 1.00 bits per heavy atom. The van der Waals surface area contributed by atoms with Crippen molar-refractivity contribution >= 4 is 33.6 Å². The van der Waals surface area contributed by atoms with Crippen molar-refractivity contribution in [3.05, 3.63) is 71.7 Å². The fourth-order valence-corrected chi connectivity index (χ4v) is 6.15. The summed E-state index contributed by atoms with van der Waals surface area (Å²) in [5, 5.41) is 2.96. The Labute approximate surface area is 125 Å². The molecule has 0 saturated carbocycles. The highest BCUT2D eigenvalue weighted by Gasteiger charge is 2.28. The van der Waals surface area contributed by atoms with Crippen LogP contribution in [0.3, 0.4) is 0 Å². The highest BCUT2D eigenvalue weighted by molar-refractivity contribution is 7.92. The maximum Gasteiger partial charge on any atom is 0.298 e. The van der Waals surface area contributed by atoms with Crippen LogP contribution in [-0.4, -0.2) is 18.3 Å². The van der Waals surface area contributed by atoms with E-state index in [-0.39, 0.29) is 4.91 Å². The summed E-state index contributed by atoms with van der Waals surface area (Å²) >= 11 is 0. The average Bonchev–Trinajstić information content (AvgIpc) is 3.12. The zero-order valence-corrected chi connectivity index (χ0v) is 12.9. The zero-order chi connectivity index (χ0) is 14.9. The van der Waals surface area contributed by atoms with Gasteiger partial charge in [0, 0.05) is 17.0 Å². The summed E-state index contributed by atoms with van der Waals surface area (Å²) in [7, 11) is -5.15. The van der Waals surface area contributed by atoms with Crippen molar-refractivity contribution in [1.82, 2.24) is 0 Å². The average molecular weight is 317 g/mol. The molecule has 0 aliphatic heterocycles. The van der Waals surface area contributed by atoms with Gasteiger partial charge in [-0.2, -0.15) is 8.42 Å². The maximum absolute atomic E-state index is 11.7. The van der Waals surface area contributed by atoms with E-state index >= 15 is 0 Å². The van der Waals surface area contributed by atoms with Crippen LogP contribution in [0.2, 0.25) is 0 Å². The summed E-state index contributed by atoms with van der Waals surface area (Å²) in [4.78, 5) is 0.0403. The zero-order valence-electron chi connectivity index (χ0n) is 11.2. The van der Waals surface area contributed by atoms with E-state index in [9.17, 15) is 13.0 Å². The van der Waals surface area contributed by atoms with Gasteiger partial charge in [0.15, 0.2) is 0 Å². The first-order valence-electron chi connectivity index (χ1n) is 6.51. The molecule has 3 rings (SSSR count). The third kappa shape index (κ3) is 2.84. The molecule has 1 aliphatic rings. The Balaban J connectivity index is 2.29. The molecule has 0 spiro atoms. The molecule has 2 aromatic rings. The highest BCUT2D eigenvalue weighted by Crippen LogP contribution is 2.32. The van der Waals surface area contributed by atoms with Crippen molar-refractivity contribution < 1.29 is 13.0 Å². The minimum atomic E-state index is -4.21. The van der Waals surface area contributed by atoms with Gasteiger partial charge in [0.25, 0.3) is 10.1 Å². The molecule has 0 atom stereocenters. The quantitative estimate of drug-likeness (QED) is 0.537. The lowest BCUT2D eigenvalue weighted by Crippen LogP contribution is -2.18. The van der Waals surface area contributed by atoms with Crippen LogP contribution in [0.4, 0.5) is 0 Å². The van der Waals surface area contributed by atoms with Gasteiger partial charge in [0.1, 0.15) is 10.2 Å². The molecule has 0 radical (unpaired) electrons. The van der Waals surface area contributed by atoms with E-state index in [0.717, 1.165) is 15.9 Å². The molecule has 0 unspecified atom stereocenters. The van der Waals surface area contributed by atoms with Gasteiger partial charge in [-0.05, 0) is 6.08 Å². The Hall–Kier alpha value is -1.74. The van der Waals surface area contributed by atoms with E-state index in [1.54, 1.807) is 6.08 Å². The summed E-state index contributed by atoms with van der Waals surface area (Å²) in [5.74, 6) is 0. The van der Waals surface area contributed by atoms with Crippen LogP contribution in [0.25, 0.3) is 0 Å². The normalized spacial score (nSPS) is 15.1. The van der Waals surface area contributed by atoms with Crippen LogP contribution in [0, 0.1) is 0 Å². The smallest absolute Gasteiger partial charge is 0.282 e. The second-order valence-electron chi connectivity index (χ2n) is 4.71. The van der Waals surface area contributed by atoms with Crippen LogP contribution < -0.4 is 10.6 Å². The Kier molecular flexibility index (Phi) is 3.77. The Morgan fingerprint density at radius 2 is 1.52 bits per heavy atom. The molecule has 0 heterocycles. The fraction of sp³-hybridized carbons (Fsp3) is 0.0625. The molecule has 3 nitrogen and oxygen atoms in total. The second-order valence-corrected chi connectivity index (χ2v) is 8.34. The maximum atomic E-state index is 11.7. The van der Waals surface area contributed by atoms with Crippen LogP contribution in [0.1, 0.15) is 6.42 Å². The van der Waals surface area contributed by atoms with Gasteiger partial charge in [-0.25, -0.2) is 24.3 Å². The van der Waals surface area contributed by atoms with Crippen LogP contribution in [0.5, 0.6) is 0 Å². The molecule has 0 bridgehead atoms. The first kappa shape index (κ1) is 14.2. The third-order valence-electron chi connectivity index (χ3n) is 3.33. The van der Waals surface area contributed by atoms with Crippen LogP contribution >= 0.6 is 7.55 Å². The van der Waals surface area contributed by atoms with E-state index in [4.69, 9.17) is 0 Å². The van der Waals surface area contributed by atoms with Gasteiger partial charge >= 0.3 is 0 Å². The molecule has 1 N–H and O–H groups in total. The molecule has 108 valence electrons.